The van der Waals surface area contributed by atoms with Crippen molar-refractivity contribution in [1.29, 1.82) is 0 Å². The van der Waals surface area contributed by atoms with Crippen molar-refractivity contribution < 1.29 is 19.1 Å². The van der Waals surface area contributed by atoms with Gasteiger partial charge in [0, 0.05) is 17.3 Å². The predicted octanol–water partition coefficient (Wildman–Crippen LogP) is 1.88. The van der Waals surface area contributed by atoms with Crippen molar-refractivity contribution in [3.8, 4) is 5.75 Å². The van der Waals surface area contributed by atoms with E-state index in [9.17, 15) is 14.0 Å². The minimum Gasteiger partial charge on any atom is -0.508 e. The molecule has 0 aliphatic carbocycles. The van der Waals surface area contributed by atoms with Gasteiger partial charge in [0.25, 0.3) is 5.91 Å². The van der Waals surface area contributed by atoms with Crippen LogP contribution < -0.4 is 11.1 Å². The summed E-state index contributed by atoms with van der Waals surface area (Å²) in [5.41, 5.74) is 5.60. The summed E-state index contributed by atoms with van der Waals surface area (Å²) in [7, 11) is 0. The van der Waals surface area contributed by atoms with Crippen molar-refractivity contribution in [1.82, 2.24) is 0 Å². The number of aromatic hydroxyl groups is 1. The van der Waals surface area contributed by atoms with E-state index in [4.69, 9.17) is 10.8 Å². The Hall–Kier alpha value is -2.89. The lowest BCUT2D eigenvalue weighted by molar-refractivity contribution is 0.0997. The third-order valence-corrected chi connectivity index (χ3v) is 2.62. The van der Waals surface area contributed by atoms with Crippen LogP contribution in [0.15, 0.2) is 42.5 Å². The molecule has 2 aromatic carbocycles. The molecule has 6 heteroatoms. The Labute approximate surface area is 113 Å². The van der Waals surface area contributed by atoms with Gasteiger partial charge >= 0.3 is 0 Å². The van der Waals surface area contributed by atoms with Crippen LogP contribution in [0.3, 0.4) is 0 Å². The minimum atomic E-state index is -0.823. The van der Waals surface area contributed by atoms with Crippen LogP contribution in [0, 0.1) is 5.82 Å². The van der Waals surface area contributed by atoms with E-state index in [1.807, 2.05) is 0 Å². The van der Waals surface area contributed by atoms with Gasteiger partial charge in [0.2, 0.25) is 5.91 Å². The van der Waals surface area contributed by atoms with Crippen LogP contribution in [0.2, 0.25) is 0 Å². The highest BCUT2D eigenvalue weighted by Gasteiger charge is 2.12. The first-order valence-corrected chi connectivity index (χ1v) is 5.67. The van der Waals surface area contributed by atoms with Gasteiger partial charge in [0.1, 0.15) is 11.6 Å². The molecule has 20 heavy (non-hydrogen) atoms. The Bertz CT molecular complexity index is 669. The third-order valence-electron chi connectivity index (χ3n) is 2.62. The first-order chi connectivity index (χ1) is 9.47. The summed E-state index contributed by atoms with van der Waals surface area (Å²) in [4.78, 5) is 22.7. The summed E-state index contributed by atoms with van der Waals surface area (Å²) in [6, 6.07) is 9.11. The number of nitrogens with one attached hydrogen (secondary N) is 1. The first kappa shape index (κ1) is 13.5. The molecule has 0 aliphatic rings. The van der Waals surface area contributed by atoms with Crippen LogP contribution in [0.5, 0.6) is 5.75 Å². The molecular formula is C14H11FN2O3. The topological polar surface area (TPSA) is 92.4 Å². The number of halogens is 1. The number of primary amides is 1. The van der Waals surface area contributed by atoms with Crippen LogP contribution >= 0.6 is 0 Å². The summed E-state index contributed by atoms with van der Waals surface area (Å²) < 4.78 is 13.5. The molecule has 0 spiro atoms. The number of benzene rings is 2. The predicted molar refractivity (Wildman–Crippen MR) is 71.0 cm³/mol. The maximum atomic E-state index is 13.5. The van der Waals surface area contributed by atoms with E-state index in [-0.39, 0.29) is 11.3 Å². The minimum absolute atomic E-state index is 0.193. The second-order valence-electron chi connectivity index (χ2n) is 4.06. The molecule has 2 aromatic rings. The molecule has 102 valence electrons. The van der Waals surface area contributed by atoms with Gasteiger partial charge in [-0.2, -0.15) is 0 Å². The van der Waals surface area contributed by atoms with Gasteiger partial charge < -0.3 is 16.2 Å². The summed E-state index contributed by atoms with van der Waals surface area (Å²) in [6.45, 7) is 0. The smallest absolute Gasteiger partial charge is 0.258 e. The third kappa shape index (κ3) is 2.92. The zero-order valence-electron chi connectivity index (χ0n) is 10.3. The Balaban J connectivity index is 2.17. The number of carbonyl (C=O) groups excluding carboxylic acids is 2. The van der Waals surface area contributed by atoms with Gasteiger partial charge in [-0.3, -0.25) is 9.59 Å². The van der Waals surface area contributed by atoms with E-state index in [2.05, 4.69) is 5.32 Å². The average molecular weight is 274 g/mol. The van der Waals surface area contributed by atoms with E-state index >= 15 is 0 Å². The highest BCUT2D eigenvalue weighted by atomic mass is 19.1. The maximum absolute atomic E-state index is 13.5. The van der Waals surface area contributed by atoms with Gasteiger partial charge in [-0.15, -0.1) is 0 Å². The van der Waals surface area contributed by atoms with Crippen molar-refractivity contribution >= 4 is 17.5 Å². The van der Waals surface area contributed by atoms with Gasteiger partial charge in [-0.05, 0) is 36.4 Å². The van der Waals surface area contributed by atoms with E-state index in [0.29, 0.717) is 11.3 Å². The fourth-order valence-corrected chi connectivity index (χ4v) is 1.60. The molecular weight excluding hydrogens is 263 g/mol. The lowest BCUT2D eigenvalue weighted by Crippen LogP contribution is -2.14. The number of phenolic OH excluding ortho intramolecular Hbond substituents is 1. The van der Waals surface area contributed by atoms with Gasteiger partial charge in [-0.1, -0.05) is 0 Å². The normalized spacial score (nSPS) is 10.1. The van der Waals surface area contributed by atoms with Crippen LogP contribution in [0.1, 0.15) is 20.7 Å². The van der Waals surface area contributed by atoms with Crippen LogP contribution in [0.25, 0.3) is 0 Å². The molecule has 0 saturated heterocycles. The molecule has 0 atom stereocenters. The molecule has 0 fully saturated rings. The molecule has 0 saturated carbocycles. The fraction of sp³-hybridized carbons (Fsp3) is 0. The van der Waals surface area contributed by atoms with Crippen LogP contribution in [-0.2, 0) is 0 Å². The van der Waals surface area contributed by atoms with E-state index in [0.717, 1.165) is 6.07 Å². The molecule has 4 N–H and O–H groups in total. The van der Waals surface area contributed by atoms with Crippen molar-refractivity contribution in [2.45, 2.75) is 0 Å². The average Bonchev–Trinajstić information content (AvgIpc) is 2.39. The molecule has 0 heterocycles. The molecule has 0 radical (unpaired) electrons. The largest absolute Gasteiger partial charge is 0.508 e. The summed E-state index contributed by atoms with van der Waals surface area (Å²) >= 11 is 0. The maximum Gasteiger partial charge on any atom is 0.258 e. The quantitative estimate of drug-likeness (QED) is 0.797. The second-order valence-corrected chi connectivity index (χ2v) is 4.06. The lowest BCUT2D eigenvalue weighted by Gasteiger charge is -2.07. The Morgan fingerprint density at radius 2 is 1.75 bits per heavy atom. The molecule has 2 rings (SSSR count). The monoisotopic (exact) mass is 274 g/mol. The number of rotatable bonds is 3. The van der Waals surface area contributed by atoms with Crippen molar-refractivity contribution in [3.05, 3.63) is 59.4 Å². The molecule has 2 amide bonds. The number of anilines is 1. The van der Waals surface area contributed by atoms with Gasteiger partial charge in [0.05, 0.1) is 5.56 Å². The number of carbonyl (C=O) groups is 2. The summed E-state index contributed by atoms with van der Waals surface area (Å²) in [6.07, 6.45) is 0. The van der Waals surface area contributed by atoms with E-state index in [1.165, 1.54) is 36.4 Å². The van der Waals surface area contributed by atoms with Gasteiger partial charge in [0.15, 0.2) is 0 Å². The van der Waals surface area contributed by atoms with Crippen LogP contribution in [-0.4, -0.2) is 16.9 Å². The van der Waals surface area contributed by atoms with E-state index < -0.39 is 17.6 Å². The summed E-state index contributed by atoms with van der Waals surface area (Å²) in [5, 5.41) is 11.5. The zero-order chi connectivity index (χ0) is 14.7. The number of amides is 2. The summed E-state index contributed by atoms with van der Waals surface area (Å²) in [5.74, 6) is -2.32. The highest BCUT2D eigenvalue weighted by Crippen LogP contribution is 2.17. The standard InChI is InChI=1S/C14H11FN2O3/c15-12-7-10(18)5-6-11(12)14(20)17-9-3-1-8(2-4-9)13(16)19/h1-7,18H,(H2,16,19)(H,17,20). The SMILES string of the molecule is NC(=O)c1ccc(NC(=O)c2ccc(O)cc2F)cc1. The Kier molecular flexibility index (Phi) is 3.65. The van der Waals surface area contributed by atoms with E-state index in [1.54, 1.807) is 0 Å². The first-order valence-electron chi connectivity index (χ1n) is 5.67. The zero-order valence-corrected chi connectivity index (χ0v) is 10.3. The molecule has 0 bridgehead atoms. The lowest BCUT2D eigenvalue weighted by atomic mass is 10.1. The fourth-order valence-electron chi connectivity index (χ4n) is 1.60. The molecule has 0 aliphatic heterocycles. The number of hydrogen-bond donors (Lipinski definition) is 3. The van der Waals surface area contributed by atoms with Crippen molar-refractivity contribution in [2.75, 3.05) is 5.32 Å². The molecule has 0 unspecified atom stereocenters. The highest BCUT2D eigenvalue weighted by molar-refractivity contribution is 6.04. The molecule has 0 aromatic heterocycles. The van der Waals surface area contributed by atoms with Gasteiger partial charge in [-0.25, -0.2) is 4.39 Å². The molecule has 5 nitrogen and oxygen atoms in total. The Morgan fingerprint density at radius 3 is 2.30 bits per heavy atom. The number of hydrogen-bond acceptors (Lipinski definition) is 3. The number of nitrogens with two attached hydrogens (primary N) is 1. The van der Waals surface area contributed by atoms with Crippen molar-refractivity contribution in [3.63, 3.8) is 0 Å². The van der Waals surface area contributed by atoms with Crippen LogP contribution in [0.4, 0.5) is 10.1 Å². The second kappa shape index (κ2) is 5.40. The van der Waals surface area contributed by atoms with Crippen molar-refractivity contribution in [2.24, 2.45) is 5.73 Å². The number of phenols is 1. The Morgan fingerprint density at radius 1 is 1.10 bits per heavy atom.